The minimum absolute atomic E-state index is 0.128. The van der Waals surface area contributed by atoms with Crippen molar-refractivity contribution in [2.24, 2.45) is 0 Å². The van der Waals surface area contributed by atoms with E-state index in [0.29, 0.717) is 12.8 Å². The number of rotatable bonds is 27. The SMILES string of the molecule is CCCCCCCCCCCCC(=O)OCc1cc(COC(=O)CCCCCCCCCCC)cc(CN(C)C)c1. The molecule has 1 rings (SSSR count). The summed E-state index contributed by atoms with van der Waals surface area (Å²) >= 11 is 0. The van der Waals surface area contributed by atoms with Gasteiger partial charge in [-0.25, -0.2) is 0 Å². The van der Waals surface area contributed by atoms with Gasteiger partial charge in [-0.1, -0.05) is 135 Å². The number of benzene rings is 1. The van der Waals surface area contributed by atoms with Crippen LogP contribution < -0.4 is 0 Å². The Bertz CT molecular complexity index is 792. The van der Waals surface area contributed by atoms with Gasteiger partial charge in [0.25, 0.3) is 0 Å². The van der Waals surface area contributed by atoms with Crippen LogP contribution >= 0.6 is 0 Å². The van der Waals surface area contributed by atoms with E-state index in [1.54, 1.807) is 0 Å². The van der Waals surface area contributed by atoms with Crippen molar-refractivity contribution in [3.8, 4) is 0 Å². The molecule has 0 unspecified atom stereocenters. The fraction of sp³-hybridized carbons (Fsp3) is 0.778. The quantitative estimate of drug-likeness (QED) is 0.0774. The summed E-state index contributed by atoms with van der Waals surface area (Å²) in [6.07, 6.45) is 24.6. The van der Waals surface area contributed by atoms with Crippen LogP contribution in [0.4, 0.5) is 0 Å². The largest absolute Gasteiger partial charge is 0.461 e. The highest BCUT2D eigenvalue weighted by Crippen LogP contribution is 2.17. The summed E-state index contributed by atoms with van der Waals surface area (Å²) in [6.45, 7) is 5.80. The van der Waals surface area contributed by atoms with Crippen molar-refractivity contribution in [3.05, 3.63) is 34.9 Å². The number of nitrogens with zero attached hydrogens (tertiary/aromatic N) is 1. The first-order valence-electron chi connectivity index (χ1n) is 17.0. The van der Waals surface area contributed by atoms with Crippen LogP contribution in [-0.2, 0) is 38.8 Å². The molecule has 236 valence electrons. The van der Waals surface area contributed by atoms with Crippen LogP contribution in [0, 0.1) is 0 Å². The van der Waals surface area contributed by atoms with Crippen molar-refractivity contribution in [2.75, 3.05) is 14.1 Å². The first-order chi connectivity index (χ1) is 19.9. The summed E-state index contributed by atoms with van der Waals surface area (Å²) < 4.78 is 11.2. The summed E-state index contributed by atoms with van der Waals surface area (Å²) in [5, 5.41) is 0. The van der Waals surface area contributed by atoms with Gasteiger partial charge in [0.2, 0.25) is 0 Å². The van der Waals surface area contributed by atoms with Crippen LogP contribution in [-0.4, -0.2) is 30.9 Å². The van der Waals surface area contributed by atoms with Gasteiger partial charge in [0, 0.05) is 19.4 Å². The van der Waals surface area contributed by atoms with Crippen molar-refractivity contribution in [3.63, 3.8) is 0 Å². The highest BCUT2D eigenvalue weighted by Gasteiger charge is 2.09. The molecule has 0 aliphatic carbocycles. The Kier molecular flexibility index (Phi) is 23.4. The first kappa shape index (κ1) is 37.1. The van der Waals surface area contributed by atoms with Gasteiger partial charge >= 0.3 is 11.9 Å². The minimum Gasteiger partial charge on any atom is -0.461 e. The summed E-state index contributed by atoms with van der Waals surface area (Å²) in [5.74, 6) is -0.257. The molecule has 0 aliphatic rings. The third kappa shape index (κ3) is 22.4. The van der Waals surface area contributed by atoms with E-state index < -0.39 is 0 Å². The molecule has 5 heteroatoms. The van der Waals surface area contributed by atoms with Gasteiger partial charge < -0.3 is 14.4 Å². The molecule has 0 radical (unpaired) electrons. The highest BCUT2D eigenvalue weighted by molar-refractivity contribution is 5.69. The van der Waals surface area contributed by atoms with Crippen molar-refractivity contribution in [1.29, 1.82) is 0 Å². The molecule has 0 atom stereocenters. The van der Waals surface area contributed by atoms with Crippen LogP contribution in [0.3, 0.4) is 0 Å². The van der Waals surface area contributed by atoms with Gasteiger partial charge in [-0.2, -0.15) is 0 Å². The molecule has 0 heterocycles. The molecule has 0 fully saturated rings. The standard InChI is InChI=1S/C36H63NO4/c1-5-7-9-11-13-15-17-19-21-23-25-36(39)41-31-34-27-32(29-37(3)4)26-33(28-34)30-40-35(38)24-22-20-18-16-14-12-10-8-6-2/h26-28H,5-25,29-31H2,1-4H3. The lowest BCUT2D eigenvalue weighted by molar-refractivity contribution is -0.145. The van der Waals surface area contributed by atoms with Crippen LogP contribution in [0.25, 0.3) is 0 Å². The lowest BCUT2D eigenvalue weighted by Crippen LogP contribution is -2.12. The molecule has 0 saturated carbocycles. The van der Waals surface area contributed by atoms with E-state index in [9.17, 15) is 9.59 Å². The molecule has 0 bridgehead atoms. The van der Waals surface area contributed by atoms with Crippen molar-refractivity contribution >= 4 is 11.9 Å². The Morgan fingerprint density at radius 1 is 0.512 bits per heavy atom. The maximum atomic E-state index is 12.3. The molecule has 0 spiro atoms. The van der Waals surface area contributed by atoms with E-state index in [4.69, 9.17) is 9.47 Å². The van der Waals surface area contributed by atoms with Crippen LogP contribution in [0.1, 0.15) is 165 Å². The zero-order chi connectivity index (χ0) is 30.0. The zero-order valence-corrected chi connectivity index (χ0v) is 27.3. The summed E-state index contributed by atoms with van der Waals surface area (Å²) in [6, 6.07) is 6.17. The molecule has 5 nitrogen and oxygen atoms in total. The summed E-state index contributed by atoms with van der Waals surface area (Å²) in [4.78, 5) is 26.8. The lowest BCUT2D eigenvalue weighted by Gasteiger charge is -2.14. The number of esters is 2. The molecule has 0 saturated heterocycles. The summed E-state index contributed by atoms with van der Waals surface area (Å²) in [7, 11) is 4.06. The van der Waals surface area contributed by atoms with Crippen molar-refractivity contribution in [2.45, 2.75) is 168 Å². The third-order valence-corrected chi connectivity index (χ3v) is 7.63. The second-order valence-corrected chi connectivity index (χ2v) is 12.2. The predicted octanol–water partition coefficient (Wildman–Crippen LogP) is 10.1. The first-order valence-corrected chi connectivity index (χ1v) is 17.0. The van der Waals surface area contributed by atoms with Crippen molar-refractivity contribution in [1.82, 2.24) is 4.90 Å². The molecule has 0 amide bonds. The summed E-state index contributed by atoms with van der Waals surface area (Å²) in [5.41, 5.74) is 3.03. The maximum absolute atomic E-state index is 12.3. The number of hydrogen-bond donors (Lipinski definition) is 0. The minimum atomic E-state index is -0.129. The van der Waals surface area contributed by atoms with Crippen LogP contribution in [0.2, 0.25) is 0 Å². The van der Waals surface area contributed by atoms with E-state index in [1.165, 1.54) is 96.3 Å². The van der Waals surface area contributed by atoms with E-state index in [-0.39, 0.29) is 25.2 Å². The Morgan fingerprint density at radius 3 is 1.17 bits per heavy atom. The number of hydrogen-bond acceptors (Lipinski definition) is 5. The lowest BCUT2D eigenvalue weighted by atomic mass is 10.1. The molecule has 0 N–H and O–H groups in total. The van der Waals surface area contributed by atoms with Gasteiger partial charge in [0.1, 0.15) is 13.2 Å². The average molecular weight is 574 g/mol. The third-order valence-electron chi connectivity index (χ3n) is 7.63. The maximum Gasteiger partial charge on any atom is 0.306 e. The molecule has 41 heavy (non-hydrogen) atoms. The Labute approximate surface area is 253 Å². The second kappa shape index (κ2) is 25.8. The van der Waals surface area contributed by atoms with Gasteiger partial charge in [0.05, 0.1) is 0 Å². The second-order valence-electron chi connectivity index (χ2n) is 12.2. The van der Waals surface area contributed by atoms with E-state index in [0.717, 1.165) is 48.9 Å². The van der Waals surface area contributed by atoms with Gasteiger partial charge in [0.15, 0.2) is 0 Å². The average Bonchev–Trinajstić information content (AvgIpc) is 2.94. The zero-order valence-electron chi connectivity index (χ0n) is 27.3. The molecule has 1 aromatic rings. The topological polar surface area (TPSA) is 55.8 Å². The smallest absolute Gasteiger partial charge is 0.306 e. The molecule has 1 aromatic carbocycles. The van der Waals surface area contributed by atoms with E-state index in [2.05, 4.69) is 30.9 Å². The van der Waals surface area contributed by atoms with Crippen LogP contribution in [0.15, 0.2) is 18.2 Å². The highest BCUT2D eigenvalue weighted by atomic mass is 16.5. The molecule has 0 aliphatic heterocycles. The number of ether oxygens (including phenoxy) is 2. The Balaban J connectivity index is 2.32. The monoisotopic (exact) mass is 573 g/mol. The van der Waals surface area contributed by atoms with E-state index >= 15 is 0 Å². The van der Waals surface area contributed by atoms with Gasteiger partial charge in [-0.15, -0.1) is 0 Å². The Hall–Kier alpha value is -1.88. The Morgan fingerprint density at radius 2 is 0.829 bits per heavy atom. The fourth-order valence-electron chi connectivity index (χ4n) is 5.27. The normalized spacial score (nSPS) is 11.2. The fourth-order valence-corrected chi connectivity index (χ4v) is 5.27. The molecule has 0 aromatic heterocycles. The number of carbonyl (C=O) groups excluding carboxylic acids is 2. The van der Waals surface area contributed by atoms with Gasteiger partial charge in [-0.3, -0.25) is 9.59 Å². The number of unbranched alkanes of at least 4 members (excludes halogenated alkanes) is 17. The molecular formula is C36H63NO4. The molecular weight excluding hydrogens is 510 g/mol. The van der Waals surface area contributed by atoms with E-state index in [1.807, 2.05) is 20.2 Å². The van der Waals surface area contributed by atoms with Crippen molar-refractivity contribution < 1.29 is 19.1 Å². The van der Waals surface area contributed by atoms with Gasteiger partial charge in [-0.05, 0) is 49.7 Å². The predicted molar refractivity (Wildman–Crippen MR) is 172 cm³/mol. The van der Waals surface area contributed by atoms with Crippen LogP contribution in [0.5, 0.6) is 0 Å². The number of carbonyl (C=O) groups is 2.